The van der Waals surface area contributed by atoms with Crippen molar-refractivity contribution in [1.29, 1.82) is 0 Å². The van der Waals surface area contributed by atoms with Crippen LogP contribution >= 0.6 is 22.9 Å². The van der Waals surface area contributed by atoms with Crippen LogP contribution in [0.2, 0.25) is 5.02 Å². The van der Waals surface area contributed by atoms with E-state index in [4.69, 9.17) is 11.6 Å². The maximum absolute atomic E-state index is 12.0. The lowest BCUT2D eigenvalue weighted by Crippen LogP contribution is -2.36. The zero-order chi connectivity index (χ0) is 14.8. The monoisotopic (exact) mass is 321 g/mol. The van der Waals surface area contributed by atoms with E-state index in [1.807, 2.05) is 25.1 Å². The first-order valence-corrected chi connectivity index (χ1v) is 8.06. The Bertz CT molecular complexity index is 671. The van der Waals surface area contributed by atoms with Crippen molar-refractivity contribution in [1.82, 2.24) is 15.6 Å². The number of aryl methyl sites for hydroxylation is 1. The molecular formula is C15H16ClN3OS. The Morgan fingerprint density at radius 2 is 2.38 bits per heavy atom. The molecule has 0 saturated carbocycles. The quantitative estimate of drug-likeness (QED) is 0.907. The number of amides is 2. The number of hydrogen-bond donors (Lipinski definition) is 2. The van der Waals surface area contributed by atoms with E-state index in [9.17, 15) is 4.79 Å². The van der Waals surface area contributed by atoms with Crippen LogP contribution in [0.3, 0.4) is 0 Å². The van der Waals surface area contributed by atoms with Crippen molar-refractivity contribution < 1.29 is 4.79 Å². The Hall–Kier alpha value is -1.59. The molecule has 0 spiro atoms. The number of carbonyl (C=O) groups is 1. The summed E-state index contributed by atoms with van der Waals surface area (Å²) in [7, 11) is 0. The van der Waals surface area contributed by atoms with Gasteiger partial charge in [-0.25, -0.2) is 9.78 Å². The highest BCUT2D eigenvalue weighted by Crippen LogP contribution is 2.35. The average molecular weight is 322 g/mol. The SMILES string of the molecule is Cc1ncc(CNC(=O)NC2CCc3c(Cl)cccc32)s1. The molecule has 4 nitrogen and oxygen atoms in total. The Balaban J connectivity index is 1.58. The molecule has 0 radical (unpaired) electrons. The minimum Gasteiger partial charge on any atom is -0.333 e. The number of urea groups is 1. The van der Waals surface area contributed by atoms with Gasteiger partial charge in [-0.05, 0) is 37.0 Å². The highest BCUT2D eigenvalue weighted by Gasteiger charge is 2.25. The number of halogens is 1. The first-order valence-electron chi connectivity index (χ1n) is 6.86. The third-order valence-electron chi connectivity index (χ3n) is 3.61. The highest BCUT2D eigenvalue weighted by molar-refractivity contribution is 7.11. The predicted molar refractivity (Wildman–Crippen MR) is 84.7 cm³/mol. The van der Waals surface area contributed by atoms with Gasteiger partial charge in [-0.15, -0.1) is 11.3 Å². The minimum absolute atomic E-state index is 0.0434. The van der Waals surface area contributed by atoms with Crippen LogP contribution in [0.25, 0.3) is 0 Å². The van der Waals surface area contributed by atoms with Gasteiger partial charge >= 0.3 is 6.03 Å². The molecule has 1 aromatic heterocycles. The molecule has 2 aromatic rings. The van der Waals surface area contributed by atoms with E-state index in [2.05, 4.69) is 15.6 Å². The number of hydrogen-bond acceptors (Lipinski definition) is 3. The maximum atomic E-state index is 12.0. The minimum atomic E-state index is -0.154. The molecule has 0 bridgehead atoms. The Morgan fingerprint density at radius 1 is 1.52 bits per heavy atom. The molecule has 1 atom stereocenters. The Kier molecular flexibility index (Phi) is 4.12. The summed E-state index contributed by atoms with van der Waals surface area (Å²) in [6.45, 7) is 2.46. The molecule has 0 aliphatic heterocycles. The van der Waals surface area contributed by atoms with Crippen LogP contribution in [-0.4, -0.2) is 11.0 Å². The molecule has 2 amide bonds. The molecule has 21 heavy (non-hydrogen) atoms. The molecule has 1 aromatic carbocycles. The molecule has 0 fully saturated rings. The van der Waals surface area contributed by atoms with Gasteiger partial charge in [0.15, 0.2) is 0 Å². The topological polar surface area (TPSA) is 54.0 Å². The van der Waals surface area contributed by atoms with Crippen LogP contribution in [-0.2, 0) is 13.0 Å². The van der Waals surface area contributed by atoms with Gasteiger partial charge < -0.3 is 10.6 Å². The van der Waals surface area contributed by atoms with Gasteiger partial charge in [0, 0.05) is 16.1 Å². The van der Waals surface area contributed by atoms with E-state index in [1.165, 1.54) is 0 Å². The molecule has 3 rings (SSSR count). The van der Waals surface area contributed by atoms with Gasteiger partial charge in [0.1, 0.15) is 0 Å². The van der Waals surface area contributed by atoms with Gasteiger partial charge in [-0.1, -0.05) is 23.7 Å². The summed E-state index contributed by atoms with van der Waals surface area (Å²) in [5, 5.41) is 7.68. The summed E-state index contributed by atoms with van der Waals surface area (Å²) in [6.07, 6.45) is 3.60. The summed E-state index contributed by atoms with van der Waals surface area (Å²) in [5.74, 6) is 0. The van der Waals surface area contributed by atoms with Crippen LogP contribution in [0.1, 0.15) is 33.5 Å². The van der Waals surface area contributed by atoms with E-state index in [-0.39, 0.29) is 12.1 Å². The highest BCUT2D eigenvalue weighted by atomic mass is 35.5. The number of fused-ring (bicyclic) bond motifs is 1. The second-order valence-electron chi connectivity index (χ2n) is 5.07. The van der Waals surface area contributed by atoms with Crippen LogP contribution in [0.15, 0.2) is 24.4 Å². The normalized spacial score (nSPS) is 16.6. The first kappa shape index (κ1) is 14.4. The van der Waals surface area contributed by atoms with Crippen LogP contribution < -0.4 is 10.6 Å². The summed E-state index contributed by atoms with van der Waals surface area (Å²) < 4.78 is 0. The van der Waals surface area contributed by atoms with Crippen LogP contribution in [0, 0.1) is 6.92 Å². The molecule has 1 unspecified atom stereocenters. The number of rotatable bonds is 3. The van der Waals surface area contributed by atoms with Gasteiger partial charge in [0.25, 0.3) is 0 Å². The fraction of sp³-hybridized carbons (Fsp3) is 0.333. The number of nitrogens with one attached hydrogen (secondary N) is 2. The second kappa shape index (κ2) is 6.03. The zero-order valence-corrected chi connectivity index (χ0v) is 13.2. The number of aromatic nitrogens is 1. The molecular weight excluding hydrogens is 306 g/mol. The Labute approximate surface area is 132 Å². The molecule has 0 saturated heterocycles. The largest absolute Gasteiger partial charge is 0.333 e. The maximum Gasteiger partial charge on any atom is 0.315 e. The molecule has 1 aliphatic rings. The smallest absolute Gasteiger partial charge is 0.315 e. The van der Waals surface area contributed by atoms with Crippen molar-refractivity contribution >= 4 is 29.0 Å². The number of nitrogens with zero attached hydrogens (tertiary/aromatic N) is 1. The summed E-state index contributed by atoms with van der Waals surface area (Å²) >= 11 is 7.77. The van der Waals surface area contributed by atoms with E-state index >= 15 is 0 Å². The van der Waals surface area contributed by atoms with Crippen LogP contribution in [0.5, 0.6) is 0 Å². The standard InChI is InChI=1S/C15H16ClN3OS/c1-9-17-7-10(21-9)8-18-15(20)19-14-6-5-11-12(14)3-2-4-13(11)16/h2-4,7,14H,5-6,8H2,1H3,(H2,18,19,20). The van der Waals surface area contributed by atoms with E-state index in [0.29, 0.717) is 6.54 Å². The molecule has 110 valence electrons. The summed E-state index contributed by atoms with van der Waals surface area (Å²) in [4.78, 5) is 17.2. The van der Waals surface area contributed by atoms with Gasteiger partial charge in [0.05, 0.1) is 17.6 Å². The second-order valence-corrected chi connectivity index (χ2v) is 6.80. The number of benzene rings is 1. The van der Waals surface area contributed by atoms with Crippen molar-refractivity contribution in [2.24, 2.45) is 0 Å². The van der Waals surface area contributed by atoms with E-state index < -0.39 is 0 Å². The van der Waals surface area contributed by atoms with Crippen molar-refractivity contribution in [2.75, 3.05) is 0 Å². The van der Waals surface area contributed by atoms with Crippen LogP contribution in [0.4, 0.5) is 4.79 Å². The summed E-state index contributed by atoms with van der Waals surface area (Å²) in [5.41, 5.74) is 2.29. The molecule has 1 heterocycles. The molecule has 2 N–H and O–H groups in total. The first-order chi connectivity index (χ1) is 10.1. The average Bonchev–Trinajstić information content (AvgIpc) is 3.05. The Morgan fingerprint density at radius 3 is 3.14 bits per heavy atom. The lowest BCUT2D eigenvalue weighted by atomic mass is 10.1. The number of carbonyl (C=O) groups excluding carboxylic acids is 1. The lowest BCUT2D eigenvalue weighted by molar-refractivity contribution is 0.236. The van der Waals surface area contributed by atoms with Crippen molar-refractivity contribution in [3.8, 4) is 0 Å². The number of thiazole rings is 1. The summed E-state index contributed by atoms with van der Waals surface area (Å²) in [6, 6.07) is 5.75. The fourth-order valence-corrected chi connectivity index (χ4v) is 3.63. The fourth-order valence-electron chi connectivity index (χ4n) is 2.62. The predicted octanol–water partition coefficient (Wildman–Crippen LogP) is 3.59. The van der Waals surface area contributed by atoms with E-state index in [1.54, 1.807) is 17.5 Å². The molecule has 6 heteroatoms. The van der Waals surface area contributed by atoms with E-state index in [0.717, 1.165) is 38.9 Å². The third kappa shape index (κ3) is 3.19. The van der Waals surface area contributed by atoms with Crippen molar-refractivity contribution in [3.05, 3.63) is 50.4 Å². The van der Waals surface area contributed by atoms with Gasteiger partial charge in [-0.2, -0.15) is 0 Å². The van der Waals surface area contributed by atoms with Gasteiger partial charge in [0.2, 0.25) is 0 Å². The van der Waals surface area contributed by atoms with Gasteiger partial charge in [-0.3, -0.25) is 0 Å². The van der Waals surface area contributed by atoms with Crippen molar-refractivity contribution in [2.45, 2.75) is 32.4 Å². The van der Waals surface area contributed by atoms with Crippen molar-refractivity contribution in [3.63, 3.8) is 0 Å². The third-order valence-corrected chi connectivity index (χ3v) is 4.88. The lowest BCUT2D eigenvalue weighted by Gasteiger charge is -2.14. The zero-order valence-electron chi connectivity index (χ0n) is 11.6. The molecule has 1 aliphatic carbocycles.